The molecule has 2 rings (SSSR count). The maximum absolute atomic E-state index is 6.80. The van der Waals surface area contributed by atoms with Crippen molar-refractivity contribution in [3.8, 4) is 0 Å². The number of rotatable bonds is 3. The average Bonchev–Trinajstić information content (AvgIpc) is 2.40. The van der Waals surface area contributed by atoms with Crippen LogP contribution in [-0.2, 0) is 0 Å². The molecule has 0 N–H and O–H groups in total. The quantitative estimate of drug-likeness (QED) is 0.790. The number of hydrogen-bond acceptors (Lipinski definition) is 2. The monoisotopic (exact) mass is 283 g/mol. The summed E-state index contributed by atoms with van der Waals surface area (Å²) in [6, 6.07) is 5.76. The van der Waals surface area contributed by atoms with E-state index in [2.05, 4.69) is 14.6 Å². The van der Waals surface area contributed by atoms with Crippen LogP contribution in [0.15, 0.2) is 18.2 Å². The van der Waals surface area contributed by atoms with E-state index in [1.54, 1.807) is 0 Å². The highest BCUT2D eigenvalue weighted by atomic mass is 35.5. The second-order valence-electron chi connectivity index (χ2n) is 4.31. The molecule has 5 heteroatoms. The van der Waals surface area contributed by atoms with Crippen molar-refractivity contribution in [1.82, 2.24) is 4.90 Å². The van der Waals surface area contributed by atoms with Crippen LogP contribution in [0.4, 0.5) is 5.69 Å². The molecule has 1 saturated heterocycles. The highest BCUT2D eigenvalue weighted by Gasteiger charge is 2.17. The Morgan fingerprint density at radius 3 is 2.44 bits per heavy atom. The van der Waals surface area contributed by atoms with Crippen molar-refractivity contribution in [2.75, 3.05) is 44.2 Å². The molecule has 0 bridgehead atoms. The van der Waals surface area contributed by atoms with E-state index in [1.807, 2.05) is 18.2 Å². The summed E-state index contributed by atoms with van der Waals surface area (Å²) >= 11 is 11.9. The predicted molar refractivity (Wildman–Crippen MR) is 76.6 cm³/mol. The SMILES string of the molecule is [C-]#[N+]CCN1CCN(c2ccc(Cl)c(Cl)c2)CC1. The van der Waals surface area contributed by atoms with Crippen LogP contribution in [0.2, 0.25) is 10.0 Å². The van der Waals surface area contributed by atoms with Crippen LogP contribution in [-0.4, -0.2) is 44.2 Å². The molecular weight excluding hydrogens is 269 g/mol. The van der Waals surface area contributed by atoms with Gasteiger partial charge in [-0.1, -0.05) is 23.2 Å². The van der Waals surface area contributed by atoms with Crippen LogP contribution in [0.3, 0.4) is 0 Å². The lowest BCUT2D eigenvalue weighted by Crippen LogP contribution is -2.47. The third-order valence-corrected chi connectivity index (χ3v) is 3.91. The molecule has 1 aromatic carbocycles. The molecule has 3 nitrogen and oxygen atoms in total. The largest absolute Gasteiger partial charge is 0.369 e. The van der Waals surface area contributed by atoms with Gasteiger partial charge in [0.25, 0.3) is 0 Å². The van der Waals surface area contributed by atoms with Gasteiger partial charge in [-0.2, -0.15) is 0 Å². The molecule has 0 saturated carbocycles. The molecule has 96 valence electrons. The molecule has 1 aliphatic heterocycles. The predicted octanol–water partition coefficient (Wildman–Crippen LogP) is 3.03. The summed E-state index contributed by atoms with van der Waals surface area (Å²) in [4.78, 5) is 8.02. The fourth-order valence-electron chi connectivity index (χ4n) is 2.10. The molecule has 1 heterocycles. The molecule has 0 atom stereocenters. The molecule has 1 fully saturated rings. The minimum Gasteiger partial charge on any atom is -0.369 e. The lowest BCUT2D eigenvalue weighted by atomic mass is 10.2. The highest BCUT2D eigenvalue weighted by Crippen LogP contribution is 2.27. The van der Waals surface area contributed by atoms with E-state index in [-0.39, 0.29) is 0 Å². The summed E-state index contributed by atoms with van der Waals surface area (Å²) in [6.07, 6.45) is 0. The molecule has 0 aliphatic carbocycles. The minimum atomic E-state index is 0.590. The van der Waals surface area contributed by atoms with E-state index in [1.165, 1.54) is 0 Å². The first-order valence-electron chi connectivity index (χ1n) is 5.96. The maximum Gasteiger partial charge on any atom is 0.227 e. The minimum absolute atomic E-state index is 0.590. The van der Waals surface area contributed by atoms with Crippen molar-refractivity contribution in [3.05, 3.63) is 39.7 Å². The molecule has 0 amide bonds. The van der Waals surface area contributed by atoms with Crippen molar-refractivity contribution in [1.29, 1.82) is 0 Å². The van der Waals surface area contributed by atoms with Gasteiger partial charge in [-0.15, -0.1) is 0 Å². The second kappa shape index (κ2) is 6.29. The van der Waals surface area contributed by atoms with Gasteiger partial charge in [-0.3, -0.25) is 4.90 Å². The molecule has 0 unspecified atom stereocenters. The number of hydrogen-bond donors (Lipinski definition) is 0. The number of nitrogens with zero attached hydrogens (tertiary/aromatic N) is 3. The van der Waals surface area contributed by atoms with Gasteiger partial charge in [0.2, 0.25) is 6.54 Å². The van der Waals surface area contributed by atoms with E-state index in [4.69, 9.17) is 29.8 Å². The van der Waals surface area contributed by atoms with Gasteiger partial charge in [0, 0.05) is 31.9 Å². The van der Waals surface area contributed by atoms with Gasteiger partial charge in [-0.25, -0.2) is 6.57 Å². The zero-order chi connectivity index (χ0) is 13.0. The van der Waals surface area contributed by atoms with E-state index >= 15 is 0 Å². The number of piperazine rings is 1. The zero-order valence-electron chi connectivity index (χ0n) is 10.1. The number of halogens is 2. The smallest absolute Gasteiger partial charge is 0.227 e. The van der Waals surface area contributed by atoms with Gasteiger partial charge in [0.15, 0.2) is 0 Å². The summed E-state index contributed by atoms with van der Waals surface area (Å²) in [5.74, 6) is 0. The van der Waals surface area contributed by atoms with E-state index < -0.39 is 0 Å². The van der Waals surface area contributed by atoms with E-state index in [9.17, 15) is 0 Å². The third-order valence-electron chi connectivity index (χ3n) is 3.17. The van der Waals surface area contributed by atoms with Gasteiger partial charge in [0.1, 0.15) is 0 Å². The Balaban J connectivity index is 1.93. The van der Waals surface area contributed by atoms with Crippen molar-refractivity contribution in [3.63, 3.8) is 0 Å². The standard InChI is InChI=1S/C13H15Cl2N3/c1-16-4-5-17-6-8-18(9-7-17)11-2-3-12(14)13(15)10-11/h2-3,10H,4-9H2. The Morgan fingerprint density at radius 1 is 1.11 bits per heavy atom. The Hall–Kier alpha value is -0.950. The van der Waals surface area contributed by atoms with Gasteiger partial charge >= 0.3 is 0 Å². The lowest BCUT2D eigenvalue weighted by Gasteiger charge is -2.35. The lowest BCUT2D eigenvalue weighted by molar-refractivity contribution is 0.269. The number of anilines is 1. The topological polar surface area (TPSA) is 10.8 Å². The third kappa shape index (κ3) is 3.29. The van der Waals surface area contributed by atoms with Crippen LogP contribution >= 0.6 is 23.2 Å². The molecule has 1 aliphatic rings. The normalized spacial score (nSPS) is 16.6. The Kier molecular flexibility index (Phi) is 4.71. The van der Waals surface area contributed by atoms with Gasteiger partial charge in [0.05, 0.1) is 16.6 Å². The maximum atomic E-state index is 6.80. The van der Waals surface area contributed by atoms with Gasteiger partial charge in [-0.05, 0) is 18.2 Å². The Morgan fingerprint density at radius 2 is 1.83 bits per heavy atom. The van der Waals surface area contributed by atoms with Gasteiger partial charge < -0.3 is 9.74 Å². The Labute approximate surface area is 118 Å². The second-order valence-corrected chi connectivity index (χ2v) is 5.12. The molecule has 0 radical (unpaired) electrons. The average molecular weight is 284 g/mol. The first kappa shape index (κ1) is 13.5. The van der Waals surface area contributed by atoms with Crippen molar-refractivity contribution >= 4 is 28.9 Å². The zero-order valence-corrected chi connectivity index (χ0v) is 11.6. The highest BCUT2D eigenvalue weighted by molar-refractivity contribution is 6.42. The molecular formula is C13H15Cl2N3. The van der Waals surface area contributed by atoms with E-state index in [0.717, 1.165) is 38.4 Å². The van der Waals surface area contributed by atoms with Crippen LogP contribution in [0.5, 0.6) is 0 Å². The van der Waals surface area contributed by atoms with Crippen molar-refractivity contribution < 1.29 is 0 Å². The molecule has 1 aromatic rings. The van der Waals surface area contributed by atoms with Crippen molar-refractivity contribution in [2.45, 2.75) is 0 Å². The Bertz CT molecular complexity index is 448. The summed E-state index contributed by atoms with van der Waals surface area (Å²) in [5, 5.41) is 1.20. The molecule has 18 heavy (non-hydrogen) atoms. The molecule has 0 spiro atoms. The van der Waals surface area contributed by atoms with E-state index in [0.29, 0.717) is 16.6 Å². The fourth-order valence-corrected chi connectivity index (χ4v) is 2.40. The van der Waals surface area contributed by atoms with Crippen LogP contribution in [0.1, 0.15) is 0 Å². The first-order valence-corrected chi connectivity index (χ1v) is 6.72. The van der Waals surface area contributed by atoms with Crippen LogP contribution in [0, 0.1) is 6.57 Å². The van der Waals surface area contributed by atoms with Crippen LogP contribution in [0.25, 0.3) is 4.85 Å². The fraction of sp³-hybridized carbons (Fsp3) is 0.462. The first-order chi connectivity index (χ1) is 8.70. The van der Waals surface area contributed by atoms with Crippen molar-refractivity contribution in [2.24, 2.45) is 0 Å². The molecule has 0 aromatic heterocycles. The summed E-state index contributed by atoms with van der Waals surface area (Å²) in [6.45, 7) is 12.2. The summed E-state index contributed by atoms with van der Waals surface area (Å²) in [7, 11) is 0. The summed E-state index contributed by atoms with van der Waals surface area (Å²) < 4.78 is 0. The van der Waals surface area contributed by atoms with Crippen LogP contribution < -0.4 is 4.90 Å². The summed E-state index contributed by atoms with van der Waals surface area (Å²) in [5.41, 5.74) is 1.12. The number of benzene rings is 1.